The van der Waals surface area contributed by atoms with Gasteiger partial charge in [-0.1, -0.05) is 67.6 Å². The van der Waals surface area contributed by atoms with Crippen molar-refractivity contribution in [3.63, 3.8) is 0 Å². The number of amides is 4. The average molecular weight is 921 g/mol. The Labute approximate surface area is 393 Å². The Morgan fingerprint density at radius 3 is 1.94 bits per heavy atom. The van der Waals surface area contributed by atoms with Gasteiger partial charge in [-0.15, -0.1) is 0 Å². The van der Waals surface area contributed by atoms with E-state index in [9.17, 15) is 24.3 Å². The van der Waals surface area contributed by atoms with Crippen LogP contribution in [0, 0.1) is 0 Å². The number of hydrogen-bond acceptors (Lipinski definition) is 12. The molecule has 2 aliphatic heterocycles. The van der Waals surface area contributed by atoms with Crippen LogP contribution in [0.25, 0.3) is 11.1 Å². The van der Waals surface area contributed by atoms with Crippen molar-refractivity contribution in [2.75, 3.05) is 105 Å². The lowest BCUT2D eigenvalue weighted by atomic mass is 9.88. The number of piperidine rings is 1. The maximum atomic E-state index is 13.1. The molecule has 0 bridgehead atoms. The van der Waals surface area contributed by atoms with E-state index in [4.69, 9.17) is 28.4 Å². The molecule has 2 N–H and O–H groups in total. The van der Waals surface area contributed by atoms with Gasteiger partial charge in [-0.25, -0.2) is 0 Å². The molecule has 15 nitrogen and oxygen atoms in total. The van der Waals surface area contributed by atoms with Crippen LogP contribution in [0.2, 0.25) is 0 Å². The number of hydrogen-bond donors (Lipinski definition) is 2. The predicted octanol–water partition coefficient (Wildman–Crippen LogP) is 6.29. The van der Waals surface area contributed by atoms with Gasteiger partial charge in [-0.2, -0.15) is 0 Å². The molecule has 4 aromatic rings. The van der Waals surface area contributed by atoms with Crippen molar-refractivity contribution in [1.29, 1.82) is 0 Å². The summed E-state index contributed by atoms with van der Waals surface area (Å²) in [6, 6.07) is 30.5. The van der Waals surface area contributed by atoms with Crippen LogP contribution < -0.4 is 10.1 Å². The van der Waals surface area contributed by atoms with E-state index in [0.717, 1.165) is 44.8 Å². The highest BCUT2D eigenvalue weighted by Gasteiger charge is 2.42. The minimum absolute atomic E-state index is 0.0284. The number of likely N-dealkylation sites (tertiary alicyclic amines) is 1. The Kier molecular flexibility index (Phi) is 19.7. The van der Waals surface area contributed by atoms with Crippen molar-refractivity contribution >= 4 is 40.5 Å². The lowest BCUT2D eigenvalue weighted by molar-refractivity contribution is -0.150. The molecule has 4 amide bonds. The molecular weight excluding hydrogens is 857 g/mol. The van der Waals surface area contributed by atoms with Gasteiger partial charge >= 0.3 is 0 Å². The van der Waals surface area contributed by atoms with Crippen LogP contribution in [-0.4, -0.2) is 149 Å². The monoisotopic (exact) mass is 920 g/mol. The second-order valence-corrected chi connectivity index (χ2v) is 16.2. The van der Waals surface area contributed by atoms with E-state index in [0.29, 0.717) is 110 Å². The van der Waals surface area contributed by atoms with E-state index in [1.807, 2.05) is 66.7 Å². The second-order valence-electron chi connectivity index (χ2n) is 16.2. The number of phenolic OH excluding ortho intramolecular Hbond substituents is 1. The number of fused-ring (bicyclic) bond motifs is 1. The predicted molar refractivity (Wildman–Crippen MR) is 255 cm³/mol. The number of anilines is 1. The van der Waals surface area contributed by atoms with Crippen LogP contribution in [-0.2, 0) is 44.6 Å². The van der Waals surface area contributed by atoms with Gasteiger partial charge in [0.1, 0.15) is 24.1 Å². The molecule has 1 unspecified atom stereocenters. The van der Waals surface area contributed by atoms with Crippen molar-refractivity contribution in [1.82, 2.24) is 14.7 Å². The van der Waals surface area contributed by atoms with Crippen molar-refractivity contribution < 1.29 is 52.7 Å². The molecule has 358 valence electrons. The van der Waals surface area contributed by atoms with Crippen LogP contribution in [0.15, 0.2) is 97.1 Å². The summed E-state index contributed by atoms with van der Waals surface area (Å²) in [5.74, 6) is 0.157. The Balaban J connectivity index is 0.744. The van der Waals surface area contributed by atoms with E-state index in [1.165, 1.54) is 12.6 Å². The van der Waals surface area contributed by atoms with Crippen LogP contribution in [0.3, 0.4) is 0 Å². The van der Waals surface area contributed by atoms with Crippen molar-refractivity contribution in [3.8, 4) is 11.5 Å². The smallest absolute Gasteiger partial charge is 0.255 e. The molecule has 0 spiro atoms. The lowest BCUT2D eigenvalue weighted by Crippen LogP contribution is -2.53. The molecule has 0 aliphatic carbocycles. The first-order valence-electron chi connectivity index (χ1n) is 23.1. The zero-order valence-electron chi connectivity index (χ0n) is 38.9. The maximum absolute atomic E-state index is 13.1. The summed E-state index contributed by atoms with van der Waals surface area (Å²) in [5, 5.41) is 13.3. The number of carbonyl (C=O) groups is 4. The number of nitrogens with one attached hydrogen (secondary N) is 1. The van der Waals surface area contributed by atoms with Gasteiger partial charge in [0.15, 0.2) is 0 Å². The van der Waals surface area contributed by atoms with Gasteiger partial charge in [0, 0.05) is 50.4 Å². The Bertz CT molecular complexity index is 2250. The molecule has 15 heteroatoms. The van der Waals surface area contributed by atoms with Crippen LogP contribution >= 0.6 is 0 Å². The topological polar surface area (TPSA) is 166 Å². The number of nitrogens with zero attached hydrogens (tertiary/aromatic N) is 3. The highest BCUT2D eigenvalue weighted by Crippen LogP contribution is 2.36. The van der Waals surface area contributed by atoms with E-state index >= 15 is 0 Å². The number of likely N-dealkylation sites (N-methyl/N-ethyl adjacent to an activating group) is 2. The fraction of sp³-hybridized carbons (Fsp3) is 0.423. The molecule has 0 radical (unpaired) electrons. The largest absolute Gasteiger partial charge is 0.508 e. The zero-order valence-corrected chi connectivity index (χ0v) is 38.9. The van der Waals surface area contributed by atoms with E-state index in [1.54, 1.807) is 35.0 Å². The first-order chi connectivity index (χ1) is 32.7. The summed E-state index contributed by atoms with van der Waals surface area (Å²) < 4.78 is 34.0. The minimum atomic E-state index is -0.636. The minimum Gasteiger partial charge on any atom is -0.508 e. The molecule has 1 atom stereocenters. The van der Waals surface area contributed by atoms with Gasteiger partial charge in [0.25, 0.3) is 11.8 Å². The molecule has 6 rings (SSSR count). The van der Waals surface area contributed by atoms with Gasteiger partial charge in [0.2, 0.25) is 11.8 Å². The van der Waals surface area contributed by atoms with Crippen molar-refractivity contribution in [3.05, 3.63) is 125 Å². The SMILES string of the molecule is CC/C(=C(\c1ccc(O)cc1)c1ccc(OCCN(C)C(=O)CCOCCOCCOCCOCCOCCNc2cccc3c2CN(C2CCC(=O)N(C)C2=O)C3=O)cc1)c1ccccc1. The van der Waals surface area contributed by atoms with Gasteiger partial charge in [-0.05, 0) is 77.1 Å². The van der Waals surface area contributed by atoms with Crippen molar-refractivity contribution in [2.24, 2.45) is 0 Å². The quantitative estimate of drug-likeness (QED) is 0.0373. The maximum Gasteiger partial charge on any atom is 0.255 e. The van der Waals surface area contributed by atoms with Crippen LogP contribution in [0.1, 0.15) is 65.2 Å². The Morgan fingerprint density at radius 1 is 0.716 bits per heavy atom. The fourth-order valence-corrected chi connectivity index (χ4v) is 8.00. The number of carbonyl (C=O) groups excluding carboxylic acids is 4. The summed E-state index contributed by atoms with van der Waals surface area (Å²) in [6.45, 7) is 7.84. The normalized spacial score (nSPS) is 15.1. The third kappa shape index (κ3) is 14.4. The molecule has 4 aromatic carbocycles. The van der Waals surface area contributed by atoms with Gasteiger partial charge in [0.05, 0.1) is 79.0 Å². The third-order valence-electron chi connectivity index (χ3n) is 11.7. The van der Waals surface area contributed by atoms with E-state index < -0.39 is 6.04 Å². The summed E-state index contributed by atoms with van der Waals surface area (Å²) in [7, 11) is 3.22. The van der Waals surface area contributed by atoms with Crippen LogP contribution in [0.5, 0.6) is 11.5 Å². The molecular formula is C52H64N4O11. The average Bonchev–Trinajstić information content (AvgIpc) is 3.68. The molecule has 0 saturated carbocycles. The number of ether oxygens (including phenoxy) is 6. The molecule has 2 heterocycles. The summed E-state index contributed by atoms with van der Waals surface area (Å²) in [6.07, 6.45) is 1.67. The molecule has 1 saturated heterocycles. The first kappa shape index (κ1) is 50.3. The number of aromatic hydroxyl groups is 1. The Morgan fingerprint density at radius 2 is 1.31 bits per heavy atom. The van der Waals surface area contributed by atoms with Crippen molar-refractivity contribution in [2.45, 2.75) is 45.2 Å². The molecule has 67 heavy (non-hydrogen) atoms. The number of imide groups is 1. The number of benzene rings is 4. The van der Waals surface area contributed by atoms with E-state index in [2.05, 4.69) is 24.4 Å². The number of phenols is 1. The van der Waals surface area contributed by atoms with Gasteiger partial charge in [-0.3, -0.25) is 24.1 Å². The molecule has 1 fully saturated rings. The number of rotatable bonds is 28. The fourth-order valence-electron chi connectivity index (χ4n) is 8.00. The second kappa shape index (κ2) is 26.3. The summed E-state index contributed by atoms with van der Waals surface area (Å²) in [4.78, 5) is 54.8. The van der Waals surface area contributed by atoms with E-state index in [-0.39, 0.29) is 42.2 Å². The zero-order chi connectivity index (χ0) is 47.4. The van der Waals surface area contributed by atoms with Crippen LogP contribution in [0.4, 0.5) is 5.69 Å². The number of allylic oxidation sites excluding steroid dienone is 1. The summed E-state index contributed by atoms with van der Waals surface area (Å²) in [5.41, 5.74) is 7.76. The highest BCUT2D eigenvalue weighted by atomic mass is 16.6. The standard InChI is InChI=1S/C52H64N4O11/c1-4-43(38-9-6-5-7-10-38)50(39-13-17-41(57)18-14-39)40-15-19-42(20-16-40)67-28-25-54(2)48(58)23-26-62-29-31-64-33-35-66-36-34-65-32-30-63-27-24-53-46-12-8-11-44-45(46)37-56(51(44)60)47-21-22-49(59)55(3)52(47)61/h5-20,47,53,57H,4,21-37H2,1-3H3/b50-43-. The first-order valence-corrected chi connectivity index (χ1v) is 23.1. The summed E-state index contributed by atoms with van der Waals surface area (Å²) >= 11 is 0. The van der Waals surface area contributed by atoms with Gasteiger partial charge < -0.3 is 48.6 Å². The highest BCUT2D eigenvalue weighted by molar-refractivity contribution is 6.06. The third-order valence-corrected chi connectivity index (χ3v) is 11.7. The lowest BCUT2D eigenvalue weighted by Gasteiger charge is -2.33. The molecule has 0 aromatic heterocycles. The molecule has 2 aliphatic rings. The Hall–Kier alpha value is -6.10.